The zero-order valence-corrected chi connectivity index (χ0v) is 26.2. The van der Waals surface area contributed by atoms with Crippen LogP contribution in [0, 0.1) is 29.1 Å². The van der Waals surface area contributed by atoms with Crippen LogP contribution in [0.25, 0.3) is 0 Å². The Morgan fingerprint density at radius 2 is 1.90 bits per heavy atom. The van der Waals surface area contributed by atoms with Crippen LogP contribution in [0.5, 0.6) is 0 Å². The molecule has 3 fully saturated rings. The van der Waals surface area contributed by atoms with Crippen LogP contribution in [-0.2, 0) is 9.47 Å². The third-order valence-electron chi connectivity index (χ3n) is 9.75. The second kappa shape index (κ2) is 13.2. The van der Waals surface area contributed by atoms with Gasteiger partial charge in [0.1, 0.15) is 5.44 Å². The third kappa shape index (κ3) is 7.75. The lowest BCUT2D eigenvalue weighted by Crippen LogP contribution is -2.61. The van der Waals surface area contributed by atoms with E-state index in [1.807, 2.05) is 13.1 Å². The molecule has 0 spiro atoms. The predicted octanol–water partition coefficient (Wildman–Crippen LogP) is 2.64. The molecule has 11 atom stereocenters. The highest BCUT2D eigenvalue weighted by atomic mass is 32.2. The first-order valence-corrected chi connectivity index (χ1v) is 16.4. The summed E-state index contributed by atoms with van der Waals surface area (Å²) in [5.74, 6) is -1.69. The van der Waals surface area contributed by atoms with Crippen molar-refractivity contribution in [3.63, 3.8) is 0 Å². The zero-order chi connectivity index (χ0) is 30.2. The Hall–Kier alpha value is -0.560. The van der Waals surface area contributed by atoms with Gasteiger partial charge in [0.05, 0.1) is 61.1 Å². The van der Waals surface area contributed by atoms with Crippen LogP contribution < -0.4 is 0 Å². The molecule has 2 heterocycles. The Kier molecular flexibility index (Phi) is 10.7. The van der Waals surface area contributed by atoms with Crippen LogP contribution in [0.15, 0.2) is 16.6 Å². The van der Waals surface area contributed by atoms with E-state index >= 15 is 0 Å². The van der Waals surface area contributed by atoms with Crippen molar-refractivity contribution in [1.82, 2.24) is 0 Å². The number of dihydropyridines is 1. The molecule has 0 aromatic carbocycles. The smallest absolute Gasteiger partial charge is 0.183 e. The number of ether oxygens (including phenoxy) is 2. The van der Waals surface area contributed by atoms with E-state index in [0.717, 1.165) is 56.3 Å². The number of aliphatic hydroxyl groups is 6. The van der Waals surface area contributed by atoms with Gasteiger partial charge in [-0.25, -0.2) is 0 Å². The third-order valence-corrected chi connectivity index (χ3v) is 10.9. The molecule has 4 rings (SSSR count). The van der Waals surface area contributed by atoms with E-state index in [2.05, 4.69) is 33.8 Å². The van der Waals surface area contributed by atoms with Gasteiger partial charge in [-0.1, -0.05) is 19.9 Å². The van der Waals surface area contributed by atoms with E-state index in [1.165, 1.54) is 11.8 Å². The van der Waals surface area contributed by atoms with Crippen molar-refractivity contribution in [2.45, 2.75) is 127 Å². The van der Waals surface area contributed by atoms with Crippen LogP contribution in [0.3, 0.4) is 0 Å². The summed E-state index contributed by atoms with van der Waals surface area (Å²) in [4.78, 5) is 4.76. The molecule has 0 aromatic heterocycles. The van der Waals surface area contributed by atoms with Crippen molar-refractivity contribution in [3.8, 4) is 0 Å². The monoisotopic (exact) mass is 599 g/mol. The second-order valence-electron chi connectivity index (χ2n) is 14.4. The fraction of sp³-hybridized carbons (Fsp3) is 0.903. The minimum atomic E-state index is -1.66. The lowest BCUT2D eigenvalue weighted by Gasteiger charge is -2.49. The van der Waals surface area contributed by atoms with Crippen molar-refractivity contribution in [1.29, 1.82) is 0 Å². The molecule has 0 radical (unpaired) electrons. The quantitative estimate of drug-likeness (QED) is 0.167. The van der Waals surface area contributed by atoms with Crippen molar-refractivity contribution in [2.75, 3.05) is 19.0 Å². The second-order valence-corrected chi connectivity index (χ2v) is 15.6. The number of hydrogen-bond acceptors (Lipinski definition) is 10. The van der Waals surface area contributed by atoms with E-state index in [9.17, 15) is 30.6 Å². The SMILES string of the molecule is CC(O)CC1CC(O)C1CCC1CC=C(COC(C)(C)CC(C)(C)CCSC2OC3(O)C(CO)C(O)C(O)C23)C=N1. The van der Waals surface area contributed by atoms with Crippen molar-refractivity contribution < 1.29 is 40.1 Å². The van der Waals surface area contributed by atoms with Crippen LogP contribution >= 0.6 is 11.8 Å². The minimum absolute atomic E-state index is 0.0180. The molecule has 4 aliphatic rings. The summed E-state index contributed by atoms with van der Waals surface area (Å²) < 4.78 is 12.0. The van der Waals surface area contributed by atoms with Gasteiger partial charge in [0.2, 0.25) is 0 Å². The molecule has 1 saturated heterocycles. The number of thioether (sulfide) groups is 1. The number of aliphatic hydroxyl groups excluding tert-OH is 5. The Morgan fingerprint density at radius 1 is 1.17 bits per heavy atom. The number of hydrogen-bond donors (Lipinski definition) is 6. The average molecular weight is 600 g/mol. The first-order chi connectivity index (χ1) is 19.2. The molecule has 2 saturated carbocycles. The zero-order valence-electron chi connectivity index (χ0n) is 25.4. The van der Waals surface area contributed by atoms with Gasteiger partial charge in [-0.2, -0.15) is 0 Å². The molecule has 10 heteroatoms. The van der Waals surface area contributed by atoms with E-state index in [-0.39, 0.29) is 35.2 Å². The standard InChI is InChI=1S/C31H53NO8S/c1-18(34)12-20-13-24(35)22(20)9-8-21-7-6-19(14-32-21)16-39-30(4,5)17-29(2,3)10-11-41-28-25-27(37)26(36)23(15-33)31(25,38)40-28/h6,14,18,20-28,33-38H,7-13,15-17H2,1-5H3. The van der Waals surface area contributed by atoms with Gasteiger partial charge in [-0.05, 0) is 94.3 Å². The van der Waals surface area contributed by atoms with Crippen molar-refractivity contribution in [3.05, 3.63) is 11.6 Å². The maximum Gasteiger partial charge on any atom is 0.183 e. The molecule has 9 nitrogen and oxygen atoms in total. The first kappa shape index (κ1) is 33.3. The molecule has 2 aliphatic carbocycles. The van der Waals surface area contributed by atoms with Crippen LogP contribution in [0.2, 0.25) is 0 Å². The van der Waals surface area contributed by atoms with E-state index in [4.69, 9.17) is 14.5 Å². The summed E-state index contributed by atoms with van der Waals surface area (Å²) in [5.41, 5.74) is 0.320. The molecule has 236 valence electrons. The average Bonchev–Trinajstić information content (AvgIpc) is 3.00. The predicted molar refractivity (Wildman–Crippen MR) is 160 cm³/mol. The largest absolute Gasteiger partial charge is 0.396 e. The molecule has 0 aromatic rings. The van der Waals surface area contributed by atoms with Crippen LogP contribution in [0.4, 0.5) is 0 Å². The Bertz CT molecular complexity index is 941. The van der Waals surface area contributed by atoms with Gasteiger partial charge in [-0.3, -0.25) is 4.99 Å². The maximum atomic E-state index is 10.7. The molecular formula is C31H53NO8S. The minimum Gasteiger partial charge on any atom is -0.396 e. The molecule has 2 aliphatic heterocycles. The lowest BCUT2D eigenvalue weighted by atomic mass is 9.66. The normalized spacial score (nSPS) is 39.6. The van der Waals surface area contributed by atoms with E-state index in [1.54, 1.807) is 0 Å². The summed E-state index contributed by atoms with van der Waals surface area (Å²) in [6.45, 7) is 10.5. The summed E-state index contributed by atoms with van der Waals surface area (Å²) in [7, 11) is 0. The fourth-order valence-corrected chi connectivity index (χ4v) is 9.17. The van der Waals surface area contributed by atoms with Gasteiger partial charge in [0, 0.05) is 6.21 Å². The van der Waals surface area contributed by atoms with Gasteiger partial charge in [0.25, 0.3) is 0 Å². The van der Waals surface area contributed by atoms with Gasteiger partial charge < -0.3 is 40.1 Å². The number of rotatable bonds is 15. The molecule has 6 N–H and O–H groups in total. The molecule has 11 unspecified atom stereocenters. The topological polar surface area (TPSA) is 152 Å². The first-order valence-electron chi connectivity index (χ1n) is 15.4. The van der Waals surface area contributed by atoms with Gasteiger partial charge in [-0.15, -0.1) is 11.8 Å². The Balaban J connectivity index is 1.14. The maximum absolute atomic E-state index is 10.7. The lowest BCUT2D eigenvalue weighted by molar-refractivity contribution is -0.355. The molecule has 0 bridgehead atoms. The van der Waals surface area contributed by atoms with Gasteiger partial charge >= 0.3 is 0 Å². The molecule has 41 heavy (non-hydrogen) atoms. The van der Waals surface area contributed by atoms with Crippen molar-refractivity contribution >= 4 is 18.0 Å². The summed E-state index contributed by atoms with van der Waals surface area (Å²) in [6, 6.07) is 0.238. The Morgan fingerprint density at radius 3 is 2.51 bits per heavy atom. The summed E-state index contributed by atoms with van der Waals surface area (Å²) in [5, 5.41) is 60.5. The van der Waals surface area contributed by atoms with E-state index in [0.29, 0.717) is 12.5 Å². The van der Waals surface area contributed by atoms with E-state index < -0.39 is 41.9 Å². The Labute approximate surface area is 249 Å². The highest BCUT2D eigenvalue weighted by Crippen LogP contribution is 2.56. The molecular weight excluding hydrogens is 546 g/mol. The number of fused-ring (bicyclic) bond motifs is 1. The van der Waals surface area contributed by atoms with Crippen LogP contribution in [-0.4, -0.2) is 103 Å². The number of aliphatic imine (C=N–C) groups is 1. The highest BCUT2D eigenvalue weighted by molar-refractivity contribution is 7.99. The summed E-state index contributed by atoms with van der Waals surface area (Å²) in [6.07, 6.45) is 7.37. The highest BCUT2D eigenvalue weighted by Gasteiger charge is 2.70. The summed E-state index contributed by atoms with van der Waals surface area (Å²) >= 11 is 1.53. The molecule has 0 amide bonds. The number of nitrogens with zero attached hydrogens (tertiary/aromatic N) is 1. The van der Waals surface area contributed by atoms with Gasteiger partial charge in [0.15, 0.2) is 5.79 Å². The fourth-order valence-electron chi connectivity index (χ4n) is 7.49. The van der Waals surface area contributed by atoms with Crippen LogP contribution in [0.1, 0.15) is 79.6 Å². The van der Waals surface area contributed by atoms with Crippen molar-refractivity contribution in [2.24, 2.45) is 34.1 Å².